The molecule has 0 bridgehead atoms. The highest BCUT2D eigenvalue weighted by Crippen LogP contribution is 2.41. The Kier molecular flexibility index (Phi) is 3.84. The first-order valence-corrected chi connectivity index (χ1v) is 8.32. The monoisotopic (exact) mass is 304 g/mol. The second kappa shape index (κ2) is 5.50. The van der Waals surface area contributed by atoms with Crippen molar-refractivity contribution in [3.05, 3.63) is 40.0 Å². The molecule has 1 aromatic carbocycles. The Labute approximate surface area is 129 Å². The minimum absolute atomic E-state index is 0.227. The molecule has 1 heterocycles. The molecule has 0 saturated heterocycles. The molecule has 2 unspecified atom stereocenters. The predicted molar refractivity (Wildman–Crippen MR) is 85.7 cm³/mol. The van der Waals surface area contributed by atoms with E-state index < -0.39 is 0 Å². The van der Waals surface area contributed by atoms with E-state index in [0.717, 1.165) is 40.4 Å². The summed E-state index contributed by atoms with van der Waals surface area (Å²) in [5.74, 6) is 0.417. The number of thiazole rings is 1. The molecular weight excluding hydrogens is 283 g/mol. The molecule has 2 aromatic rings. The van der Waals surface area contributed by atoms with Gasteiger partial charge in [0.05, 0.1) is 11.2 Å². The highest BCUT2D eigenvalue weighted by Gasteiger charge is 2.35. The number of nitrogens with two attached hydrogens (primary N) is 1. The fraction of sp³-hybridized carbons (Fsp3) is 0.471. The second-order valence-corrected chi connectivity index (χ2v) is 7.50. The molecule has 1 aromatic heterocycles. The van der Waals surface area contributed by atoms with Crippen LogP contribution in [0.25, 0.3) is 11.3 Å². The van der Waals surface area contributed by atoms with Crippen LogP contribution < -0.4 is 5.73 Å². The average molecular weight is 304 g/mol. The van der Waals surface area contributed by atoms with Crippen molar-refractivity contribution >= 4 is 11.3 Å². The van der Waals surface area contributed by atoms with Crippen molar-refractivity contribution in [1.29, 1.82) is 0 Å². The van der Waals surface area contributed by atoms with Crippen molar-refractivity contribution in [1.82, 2.24) is 4.98 Å². The summed E-state index contributed by atoms with van der Waals surface area (Å²) in [6, 6.07) is 6.63. The Hall–Kier alpha value is -1.26. The summed E-state index contributed by atoms with van der Waals surface area (Å²) in [7, 11) is 0. The van der Waals surface area contributed by atoms with Gasteiger partial charge in [-0.25, -0.2) is 9.37 Å². The lowest BCUT2D eigenvalue weighted by atomic mass is 9.77. The van der Waals surface area contributed by atoms with E-state index in [9.17, 15) is 4.39 Å². The van der Waals surface area contributed by atoms with Crippen LogP contribution in [0.2, 0.25) is 0 Å². The van der Waals surface area contributed by atoms with Crippen molar-refractivity contribution in [3.63, 3.8) is 0 Å². The number of halogens is 1. The van der Waals surface area contributed by atoms with Crippen molar-refractivity contribution in [3.8, 4) is 11.3 Å². The summed E-state index contributed by atoms with van der Waals surface area (Å²) in [5.41, 5.74) is 8.04. The topological polar surface area (TPSA) is 38.9 Å². The molecular formula is C17H21FN2S. The third-order valence-corrected chi connectivity index (χ3v) is 5.54. The first-order valence-electron chi connectivity index (χ1n) is 7.51. The van der Waals surface area contributed by atoms with Crippen molar-refractivity contribution < 1.29 is 4.39 Å². The fourth-order valence-corrected chi connectivity index (χ4v) is 4.37. The van der Waals surface area contributed by atoms with E-state index in [-0.39, 0.29) is 11.4 Å². The van der Waals surface area contributed by atoms with Crippen LogP contribution >= 0.6 is 11.3 Å². The van der Waals surface area contributed by atoms with E-state index in [2.05, 4.69) is 6.92 Å². The fourth-order valence-electron chi connectivity index (χ4n) is 3.30. The Bertz CT molecular complexity index is 652. The molecule has 3 rings (SSSR count). The highest BCUT2D eigenvalue weighted by atomic mass is 32.1. The lowest BCUT2D eigenvalue weighted by Gasteiger charge is -2.35. The third kappa shape index (κ3) is 2.87. The van der Waals surface area contributed by atoms with Gasteiger partial charge in [0.15, 0.2) is 0 Å². The molecule has 1 aliphatic carbocycles. The van der Waals surface area contributed by atoms with Gasteiger partial charge in [0.1, 0.15) is 10.8 Å². The molecule has 2 N–H and O–H groups in total. The Morgan fingerprint density at radius 2 is 2.24 bits per heavy atom. The molecule has 4 heteroatoms. The van der Waals surface area contributed by atoms with Gasteiger partial charge in [0.25, 0.3) is 0 Å². The smallest absolute Gasteiger partial charge is 0.123 e. The number of nitrogens with zero attached hydrogens (tertiary/aromatic N) is 1. The first-order chi connectivity index (χ1) is 9.98. The predicted octanol–water partition coefficient (Wildman–Crippen LogP) is 4.62. The minimum Gasteiger partial charge on any atom is -0.319 e. The zero-order chi connectivity index (χ0) is 15.0. The van der Waals surface area contributed by atoms with Crippen LogP contribution in [0, 0.1) is 18.7 Å². The van der Waals surface area contributed by atoms with Gasteiger partial charge in [0.2, 0.25) is 0 Å². The quantitative estimate of drug-likeness (QED) is 0.879. The van der Waals surface area contributed by atoms with Crippen LogP contribution in [0.15, 0.2) is 24.3 Å². The van der Waals surface area contributed by atoms with E-state index in [4.69, 9.17) is 10.7 Å². The van der Waals surface area contributed by atoms with Crippen molar-refractivity contribution in [2.75, 3.05) is 0 Å². The summed E-state index contributed by atoms with van der Waals surface area (Å²) in [5, 5.41) is 1.01. The van der Waals surface area contributed by atoms with Crippen LogP contribution in [0.5, 0.6) is 0 Å². The summed E-state index contributed by atoms with van der Waals surface area (Å²) in [6.45, 7) is 4.30. The van der Waals surface area contributed by atoms with E-state index in [1.54, 1.807) is 23.5 Å². The number of rotatable bonds is 2. The summed E-state index contributed by atoms with van der Waals surface area (Å²) >= 11 is 1.66. The Balaban J connectivity index is 1.98. The lowest BCUT2D eigenvalue weighted by molar-refractivity contribution is 0.238. The molecule has 2 atom stereocenters. The maximum atomic E-state index is 13.4. The Morgan fingerprint density at radius 1 is 1.43 bits per heavy atom. The summed E-state index contributed by atoms with van der Waals surface area (Å²) in [6.07, 6.45) is 4.39. The molecule has 112 valence electrons. The number of hydrogen-bond donors (Lipinski definition) is 1. The minimum atomic E-state index is -0.307. The van der Waals surface area contributed by atoms with Gasteiger partial charge in [-0.3, -0.25) is 0 Å². The maximum absolute atomic E-state index is 13.4. The van der Waals surface area contributed by atoms with Gasteiger partial charge in [-0.15, -0.1) is 11.3 Å². The number of aryl methyl sites for hydroxylation is 1. The molecule has 0 amide bonds. The van der Waals surface area contributed by atoms with Gasteiger partial charge in [-0.05, 0) is 37.8 Å². The van der Waals surface area contributed by atoms with Gasteiger partial charge in [-0.1, -0.05) is 31.9 Å². The van der Waals surface area contributed by atoms with Gasteiger partial charge < -0.3 is 5.73 Å². The summed E-state index contributed by atoms with van der Waals surface area (Å²) < 4.78 is 13.4. The average Bonchev–Trinajstić information content (AvgIpc) is 2.81. The molecule has 2 nitrogen and oxygen atoms in total. The Morgan fingerprint density at radius 3 is 2.95 bits per heavy atom. The van der Waals surface area contributed by atoms with Gasteiger partial charge in [-0.2, -0.15) is 0 Å². The molecule has 21 heavy (non-hydrogen) atoms. The van der Waals surface area contributed by atoms with Crippen LogP contribution in [-0.2, 0) is 5.54 Å². The number of hydrogen-bond acceptors (Lipinski definition) is 3. The van der Waals surface area contributed by atoms with E-state index >= 15 is 0 Å². The SMILES string of the molecule is Cc1sc(C2(N)CCCC(C)C2)nc1-c1cccc(F)c1. The van der Waals surface area contributed by atoms with Gasteiger partial charge in [0, 0.05) is 10.4 Å². The zero-order valence-electron chi connectivity index (χ0n) is 12.5. The molecule has 0 aliphatic heterocycles. The van der Waals surface area contributed by atoms with Crippen molar-refractivity contribution in [2.45, 2.75) is 45.1 Å². The molecule has 1 saturated carbocycles. The molecule has 1 aliphatic rings. The van der Waals surface area contributed by atoms with Gasteiger partial charge >= 0.3 is 0 Å². The largest absolute Gasteiger partial charge is 0.319 e. The van der Waals surface area contributed by atoms with E-state index in [1.807, 2.05) is 13.0 Å². The molecule has 1 fully saturated rings. The first kappa shape index (κ1) is 14.7. The maximum Gasteiger partial charge on any atom is 0.123 e. The zero-order valence-corrected chi connectivity index (χ0v) is 13.3. The van der Waals surface area contributed by atoms with E-state index in [0.29, 0.717) is 5.92 Å². The number of benzene rings is 1. The lowest BCUT2D eigenvalue weighted by Crippen LogP contribution is -2.40. The summed E-state index contributed by atoms with van der Waals surface area (Å²) in [4.78, 5) is 5.89. The van der Waals surface area contributed by atoms with Crippen LogP contribution in [0.1, 0.15) is 42.5 Å². The standard InChI is InChI=1S/C17H21FN2S/c1-11-5-4-8-17(19,10-11)16-20-15(12(2)21-16)13-6-3-7-14(18)9-13/h3,6-7,9,11H,4-5,8,10,19H2,1-2H3. The molecule has 0 spiro atoms. The van der Waals surface area contributed by atoms with Crippen LogP contribution in [-0.4, -0.2) is 4.98 Å². The van der Waals surface area contributed by atoms with E-state index in [1.165, 1.54) is 12.5 Å². The third-order valence-electron chi connectivity index (χ3n) is 4.35. The van der Waals surface area contributed by atoms with Crippen molar-refractivity contribution in [2.24, 2.45) is 11.7 Å². The molecule has 0 radical (unpaired) electrons. The highest BCUT2D eigenvalue weighted by molar-refractivity contribution is 7.12. The second-order valence-electron chi connectivity index (χ2n) is 6.29. The van der Waals surface area contributed by atoms with Crippen LogP contribution in [0.4, 0.5) is 4.39 Å². The normalized spacial score (nSPS) is 26.0. The van der Waals surface area contributed by atoms with Crippen LogP contribution in [0.3, 0.4) is 0 Å². The number of aromatic nitrogens is 1.